The van der Waals surface area contributed by atoms with E-state index < -0.39 is 0 Å². The summed E-state index contributed by atoms with van der Waals surface area (Å²) >= 11 is 5.89. The standard InChI is InChI=1S/C13H18ClFN2/c1-9-6-12(16)4-5-17(9)8-10-7-11(14)2-3-13(10)15/h2-3,7,9,12H,4-6,8,16H2,1H3. The molecule has 0 radical (unpaired) electrons. The summed E-state index contributed by atoms with van der Waals surface area (Å²) in [6.07, 6.45) is 1.95. The van der Waals surface area contributed by atoms with E-state index in [1.54, 1.807) is 12.1 Å². The molecule has 1 heterocycles. The largest absolute Gasteiger partial charge is 0.328 e. The predicted molar refractivity (Wildman–Crippen MR) is 68.5 cm³/mol. The summed E-state index contributed by atoms with van der Waals surface area (Å²) in [5, 5.41) is 0.586. The molecule has 94 valence electrons. The molecule has 0 amide bonds. The highest BCUT2D eigenvalue weighted by Gasteiger charge is 2.23. The van der Waals surface area contributed by atoms with Gasteiger partial charge < -0.3 is 5.73 Å². The Morgan fingerprint density at radius 3 is 3.00 bits per heavy atom. The van der Waals surface area contributed by atoms with Gasteiger partial charge in [-0.1, -0.05) is 11.6 Å². The lowest BCUT2D eigenvalue weighted by molar-refractivity contribution is 0.138. The van der Waals surface area contributed by atoms with E-state index >= 15 is 0 Å². The number of hydrogen-bond acceptors (Lipinski definition) is 2. The molecule has 0 saturated carbocycles. The summed E-state index contributed by atoms with van der Waals surface area (Å²) in [6, 6.07) is 5.40. The third-order valence-corrected chi connectivity index (χ3v) is 3.67. The number of rotatable bonds is 2. The van der Waals surface area contributed by atoms with Crippen molar-refractivity contribution in [1.82, 2.24) is 4.90 Å². The van der Waals surface area contributed by atoms with Crippen molar-refractivity contribution in [3.05, 3.63) is 34.6 Å². The van der Waals surface area contributed by atoms with E-state index in [-0.39, 0.29) is 11.9 Å². The summed E-state index contributed by atoms with van der Waals surface area (Å²) in [4.78, 5) is 2.26. The van der Waals surface area contributed by atoms with Crippen molar-refractivity contribution in [3.8, 4) is 0 Å². The van der Waals surface area contributed by atoms with Crippen LogP contribution in [0.2, 0.25) is 5.02 Å². The van der Waals surface area contributed by atoms with Gasteiger partial charge in [-0.05, 0) is 38.0 Å². The molecule has 0 aromatic heterocycles. The van der Waals surface area contributed by atoms with Crippen LogP contribution in [-0.2, 0) is 6.54 Å². The fraction of sp³-hybridized carbons (Fsp3) is 0.538. The van der Waals surface area contributed by atoms with Gasteiger partial charge in [0, 0.05) is 35.8 Å². The summed E-state index contributed by atoms with van der Waals surface area (Å²) in [7, 11) is 0. The maximum atomic E-state index is 13.6. The molecule has 2 atom stereocenters. The topological polar surface area (TPSA) is 29.3 Å². The number of piperidine rings is 1. The van der Waals surface area contributed by atoms with E-state index in [2.05, 4.69) is 11.8 Å². The van der Waals surface area contributed by atoms with E-state index in [1.165, 1.54) is 6.07 Å². The number of nitrogens with two attached hydrogens (primary N) is 1. The van der Waals surface area contributed by atoms with Gasteiger partial charge in [0.05, 0.1) is 0 Å². The number of halogens is 2. The van der Waals surface area contributed by atoms with Crippen LogP contribution in [0.25, 0.3) is 0 Å². The van der Waals surface area contributed by atoms with Crippen molar-refractivity contribution >= 4 is 11.6 Å². The molecule has 0 spiro atoms. The lowest BCUT2D eigenvalue weighted by Gasteiger charge is -2.36. The molecule has 1 aromatic carbocycles. The molecular formula is C13H18ClFN2. The highest BCUT2D eigenvalue weighted by atomic mass is 35.5. The summed E-state index contributed by atoms with van der Waals surface area (Å²) in [5.74, 6) is -0.184. The highest BCUT2D eigenvalue weighted by Crippen LogP contribution is 2.22. The zero-order chi connectivity index (χ0) is 12.4. The van der Waals surface area contributed by atoms with Gasteiger partial charge in [-0.3, -0.25) is 4.90 Å². The van der Waals surface area contributed by atoms with Gasteiger partial charge in [0.15, 0.2) is 0 Å². The Labute approximate surface area is 107 Å². The SMILES string of the molecule is CC1CC(N)CCN1Cc1cc(Cl)ccc1F. The van der Waals surface area contributed by atoms with Crippen LogP contribution in [0.1, 0.15) is 25.3 Å². The Morgan fingerprint density at radius 1 is 1.53 bits per heavy atom. The molecular weight excluding hydrogens is 239 g/mol. The molecule has 2 nitrogen and oxygen atoms in total. The predicted octanol–water partition coefficient (Wildman–Crippen LogP) is 2.79. The number of likely N-dealkylation sites (tertiary alicyclic amines) is 1. The van der Waals surface area contributed by atoms with Crippen molar-refractivity contribution in [1.29, 1.82) is 0 Å². The van der Waals surface area contributed by atoms with Gasteiger partial charge in [0.25, 0.3) is 0 Å². The smallest absolute Gasteiger partial charge is 0.127 e. The minimum atomic E-state index is -0.184. The van der Waals surface area contributed by atoms with Gasteiger partial charge >= 0.3 is 0 Å². The first-order chi connectivity index (χ1) is 8.06. The molecule has 4 heteroatoms. The minimum absolute atomic E-state index is 0.184. The Hall–Kier alpha value is -0.640. The Kier molecular flexibility index (Phi) is 4.02. The lowest BCUT2D eigenvalue weighted by Crippen LogP contribution is -2.45. The van der Waals surface area contributed by atoms with Crippen LogP contribution in [0.15, 0.2) is 18.2 Å². The quantitative estimate of drug-likeness (QED) is 0.882. The lowest BCUT2D eigenvalue weighted by atomic mass is 9.98. The average molecular weight is 257 g/mol. The summed E-state index contributed by atoms with van der Waals surface area (Å²) in [6.45, 7) is 3.68. The van der Waals surface area contributed by atoms with E-state index in [4.69, 9.17) is 17.3 Å². The van der Waals surface area contributed by atoms with Crippen LogP contribution in [0.5, 0.6) is 0 Å². The van der Waals surface area contributed by atoms with Crippen molar-refractivity contribution in [2.75, 3.05) is 6.54 Å². The second kappa shape index (κ2) is 5.34. The molecule has 0 aliphatic carbocycles. The Balaban J connectivity index is 2.07. The van der Waals surface area contributed by atoms with Crippen LogP contribution in [-0.4, -0.2) is 23.5 Å². The first-order valence-electron chi connectivity index (χ1n) is 6.00. The Bertz CT molecular complexity index is 397. The highest BCUT2D eigenvalue weighted by molar-refractivity contribution is 6.30. The zero-order valence-corrected chi connectivity index (χ0v) is 10.8. The molecule has 2 N–H and O–H groups in total. The maximum absolute atomic E-state index is 13.6. The normalized spacial score (nSPS) is 26.1. The molecule has 17 heavy (non-hydrogen) atoms. The van der Waals surface area contributed by atoms with Crippen molar-refractivity contribution in [3.63, 3.8) is 0 Å². The number of hydrogen-bond donors (Lipinski definition) is 1. The van der Waals surface area contributed by atoms with Crippen LogP contribution >= 0.6 is 11.6 Å². The van der Waals surface area contributed by atoms with Crippen molar-refractivity contribution in [2.24, 2.45) is 5.73 Å². The first kappa shape index (κ1) is 12.8. The molecule has 1 saturated heterocycles. The molecule has 1 aromatic rings. The Morgan fingerprint density at radius 2 is 2.29 bits per heavy atom. The fourth-order valence-electron chi connectivity index (χ4n) is 2.38. The second-order valence-corrected chi connectivity index (χ2v) is 5.28. The van der Waals surface area contributed by atoms with Crippen LogP contribution < -0.4 is 5.73 Å². The average Bonchev–Trinajstić information content (AvgIpc) is 2.27. The third-order valence-electron chi connectivity index (χ3n) is 3.44. The molecule has 2 unspecified atom stereocenters. The zero-order valence-electron chi connectivity index (χ0n) is 10.00. The summed E-state index contributed by atoms with van der Waals surface area (Å²) < 4.78 is 13.6. The number of benzene rings is 1. The van der Waals surface area contributed by atoms with E-state index in [1.807, 2.05) is 0 Å². The van der Waals surface area contributed by atoms with Gasteiger partial charge in [0.1, 0.15) is 5.82 Å². The second-order valence-electron chi connectivity index (χ2n) is 4.84. The summed E-state index contributed by atoms with van der Waals surface area (Å²) in [5.41, 5.74) is 6.58. The van der Waals surface area contributed by atoms with E-state index in [9.17, 15) is 4.39 Å². The van der Waals surface area contributed by atoms with E-state index in [0.717, 1.165) is 19.4 Å². The maximum Gasteiger partial charge on any atom is 0.127 e. The van der Waals surface area contributed by atoms with Gasteiger partial charge in [0.2, 0.25) is 0 Å². The molecule has 0 bridgehead atoms. The van der Waals surface area contributed by atoms with Crippen molar-refractivity contribution < 1.29 is 4.39 Å². The first-order valence-corrected chi connectivity index (χ1v) is 6.37. The van der Waals surface area contributed by atoms with Crippen molar-refractivity contribution in [2.45, 2.75) is 38.4 Å². The van der Waals surface area contributed by atoms with Gasteiger partial charge in [-0.25, -0.2) is 4.39 Å². The molecule has 1 fully saturated rings. The molecule has 2 rings (SSSR count). The van der Waals surface area contributed by atoms with Crippen LogP contribution in [0.3, 0.4) is 0 Å². The monoisotopic (exact) mass is 256 g/mol. The molecule has 1 aliphatic heterocycles. The fourth-order valence-corrected chi connectivity index (χ4v) is 2.57. The molecule has 1 aliphatic rings. The van der Waals surface area contributed by atoms with Crippen LogP contribution in [0.4, 0.5) is 4.39 Å². The number of nitrogens with zero attached hydrogens (tertiary/aromatic N) is 1. The van der Waals surface area contributed by atoms with E-state index in [0.29, 0.717) is 23.2 Å². The van der Waals surface area contributed by atoms with Gasteiger partial charge in [-0.2, -0.15) is 0 Å². The minimum Gasteiger partial charge on any atom is -0.328 e. The van der Waals surface area contributed by atoms with Gasteiger partial charge in [-0.15, -0.1) is 0 Å². The van der Waals surface area contributed by atoms with Crippen LogP contribution in [0, 0.1) is 5.82 Å². The third kappa shape index (κ3) is 3.18.